The summed E-state index contributed by atoms with van der Waals surface area (Å²) in [5, 5.41) is 14.3. The molecule has 0 aliphatic carbocycles. The number of phenols is 1. The van der Waals surface area contributed by atoms with Gasteiger partial charge in [-0.2, -0.15) is 0 Å². The van der Waals surface area contributed by atoms with Crippen molar-refractivity contribution in [2.24, 2.45) is 5.14 Å². The second-order valence-corrected chi connectivity index (χ2v) is 5.34. The number of benzene rings is 2. The zero-order valence-electron chi connectivity index (χ0n) is 9.37. The minimum absolute atomic E-state index is 0.102. The van der Waals surface area contributed by atoms with Gasteiger partial charge >= 0.3 is 0 Å². The van der Waals surface area contributed by atoms with Gasteiger partial charge < -0.3 is 10.8 Å². The maximum absolute atomic E-state index is 11.3. The number of nitrogen functional groups attached to an aromatic ring is 1. The standard InChI is InChI=1S/C12H12N2O3S/c13-12-10(8-4-6-9(15)7-5-8)2-1-3-11(12)18(14,16)17/h1-7,15H,13H2,(H2,14,16,17). The van der Waals surface area contributed by atoms with Crippen molar-refractivity contribution in [2.75, 3.05) is 5.73 Å². The number of nitrogens with two attached hydrogens (primary N) is 2. The fourth-order valence-corrected chi connectivity index (χ4v) is 2.37. The van der Waals surface area contributed by atoms with E-state index >= 15 is 0 Å². The molecule has 2 aromatic carbocycles. The molecule has 5 nitrogen and oxygen atoms in total. The molecule has 0 aliphatic heterocycles. The van der Waals surface area contributed by atoms with Crippen molar-refractivity contribution in [3.05, 3.63) is 42.5 Å². The molecule has 0 saturated carbocycles. The van der Waals surface area contributed by atoms with Crippen LogP contribution in [0, 0.1) is 0 Å². The van der Waals surface area contributed by atoms with Gasteiger partial charge in [-0.1, -0.05) is 24.3 Å². The number of hydrogen-bond acceptors (Lipinski definition) is 4. The second-order valence-electron chi connectivity index (χ2n) is 3.81. The number of rotatable bonds is 2. The van der Waals surface area contributed by atoms with Crippen LogP contribution in [-0.4, -0.2) is 13.5 Å². The summed E-state index contributed by atoms with van der Waals surface area (Å²) in [7, 11) is -3.85. The van der Waals surface area contributed by atoms with Gasteiger partial charge in [-0.15, -0.1) is 0 Å². The summed E-state index contributed by atoms with van der Waals surface area (Å²) in [6.07, 6.45) is 0. The summed E-state index contributed by atoms with van der Waals surface area (Å²) in [4.78, 5) is -0.104. The Morgan fingerprint density at radius 2 is 1.61 bits per heavy atom. The molecule has 0 unspecified atom stereocenters. The molecule has 0 fully saturated rings. The molecule has 94 valence electrons. The molecule has 18 heavy (non-hydrogen) atoms. The van der Waals surface area contributed by atoms with E-state index in [1.54, 1.807) is 24.3 Å². The summed E-state index contributed by atoms with van der Waals surface area (Å²) < 4.78 is 22.7. The third-order valence-electron chi connectivity index (χ3n) is 2.55. The lowest BCUT2D eigenvalue weighted by molar-refractivity contribution is 0.475. The number of aromatic hydroxyl groups is 1. The van der Waals surface area contributed by atoms with Crippen molar-refractivity contribution < 1.29 is 13.5 Å². The summed E-state index contributed by atoms with van der Waals surface area (Å²) in [5.74, 6) is 0.125. The minimum Gasteiger partial charge on any atom is -0.508 e. The quantitative estimate of drug-likeness (QED) is 0.710. The van der Waals surface area contributed by atoms with Crippen LogP contribution in [0.4, 0.5) is 5.69 Å². The van der Waals surface area contributed by atoms with E-state index in [1.807, 2.05) is 0 Å². The second kappa shape index (κ2) is 4.32. The maximum atomic E-state index is 11.3. The molecule has 0 aromatic heterocycles. The van der Waals surface area contributed by atoms with E-state index in [1.165, 1.54) is 18.2 Å². The van der Waals surface area contributed by atoms with Crippen molar-refractivity contribution in [1.82, 2.24) is 0 Å². The third-order valence-corrected chi connectivity index (χ3v) is 3.52. The van der Waals surface area contributed by atoms with Gasteiger partial charge in [-0.25, -0.2) is 13.6 Å². The Morgan fingerprint density at radius 3 is 2.17 bits per heavy atom. The van der Waals surface area contributed by atoms with Gasteiger partial charge in [0.05, 0.1) is 5.69 Å². The zero-order valence-corrected chi connectivity index (χ0v) is 10.2. The summed E-state index contributed by atoms with van der Waals surface area (Å²) >= 11 is 0. The SMILES string of the molecule is Nc1c(-c2ccc(O)cc2)cccc1S(N)(=O)=O. The molecule has 2 aromatic rings. The van der Waals surface area contributed by atoms with Gasteiger partial charge in [-0.3, -0.25) is 0 Å². The molecule has 0 spiro atoms. The van der Waals surface area contributed by atoms with Gasteiger partial charge in [0.1, 0.15) is 10.6 Å². The van der Waals surface area contributed by atoms with E-state index in [9.17, 15) is 13.5 Å². The highest BCUT2D eigenvalue weighted by molar-refractivity contribution is 7.89. The monoisotopic (exact) mass is 264 g/mol. The van der Waals surface area contributed by atoms with Crippen LogP contribution in [0.25, 0.3) is 11.1 Å². The molecule has 0 bridgehead atoms. The topological polar surface area (TPSA) is 106 Å². The molecule has 0 atom stereocenters. The molecule has 0 radical (unpaired) electrons. The molecular weight excluding hydrogens is 252 g/mol. The molecule has 0 aliphatic rings. The summed E-state index contributed by atoms with van der Waals surface area (Å²) in [6.45, 7) is 0. The number of anilines is 1. The Balaban J connectivity index is 2.63. The van der Waals surface area contributed by atoms with Crippen LogP contribution in [0.15, 0.2) is 47.4 Å². The molecular formula is C12H12N2O3S. The van der Waals surface area contributed by atoms with Crippen LogP contribution in [-0.2, 0) is 10.0 Å². The lowest BCUT2D eigenvalue weighted by Gasteiger charge is -2.09. The fraction of sp³-hybridized carbons (Fsp3) is 0. The van der Waals surface area contributed by atoms with E-state index in [0.29, 0.717) is 11.1 Å². The van der Waals surface area contributed by atoms with Gasteiger partial charge in [0.15, 0.2) is 0 Å². The third kappa shape index (κ3) is 2.29. The van der Waals surface area contributed by atoms with Crippen LogP contribution in [0.2, 0.25) is 0 Å². The van der Waals surface area contributed by atoms with Gasteiger partial charge in [0.25, 0.3) is 0 Å². The molecule has 0 amide bonds. The molecule has 5 N–H and O–H groups in total. The largest absolute Gasteiger partial charge is 0.508 e. The maximum Gasteiger partial charge on any atom is 0.240 e. The molecule has 0 saturated heterocycles. The van der Waals surface area contributed by atoms with Gasteiger partial charge in [-0.05, 0) is 23.8 Å². The highest BCUT2D eigenvalue weighted by Gasteiger charge is 2.15. The number of sulfonamides is 1. The van der Waals surface area contributed by atoms with Crippen LogP contribution in [0.1, 0.15) is 0 Å². The Labute approximate surface area is 105 Å². The summed E-state index contributed by atoms with van der Waals surface area (Å²) in [5.41, 5.74) is 7.18. The van der Waals surface area contributed by atoms with Crippen molar-refractivity contribution in [2.45, 2.75) is 4.90 Å². The number of primary sulfonamides is 1. The average molecular weight is 264 g/mol. The Hall–Kier alpha value is -2.05. The lowest BCUT2D eigenvalue weighted by Crippen LogP contribution is -2.14. The minimum atomic E-state index is -3.85. The first-order valence-corrected chi connectivity index (χ1v) is 6.65. The smallest absolute Gasteiger partial charge is 0.240 e. The first-order valence-electron chi connectivity index (χ1n) is 5.10. The molecule has 0 heterocycles. The Bertz CT molecular complexity index is 679. The number of para-hydroxylation sites is 1. The predicted molar refractivity (Wildman–Crippen MR) is 69.3 cm³/mol. The van der Waals surface area contributed by atoms with Crippen molar-refractivity contribution >= 4 is 15.7 Å². The first-order chi connectivity index (χ1) is 8.39. The van der Waals surface area contributed by atoms with Crippen molar-refractivity contribution in [1.29, 1.82) is 0 Å². The van der Waals surface area contributed by atoms with Crippen LogP contribution in [0.3, 0.4) is 0 Å². The number of phenolic OH excluding ortho intramolecular Hbond substituents is 1. The van der Waals surface area contributed by atoms with Crippen molar-refractivity contribution in [3.8, 4) is 16.9 Å². The van der Waals surface area contributed by atoms with E-state index < -0.39 is 10.0 Å². The highest BCUT2D eigenvalue weighted by Crippen LogP contribution is 2.31. The Morgan fingerprint density at radius 1 is 1.00 bits per heavy atom. The molecule has 6 heteroatoms. The first kappa shape index (κ1) is 12.4. The van der Waals surface area contributed by atoms with E-state index in [0.717, 1.165) is 0 Å². The Kier molecular flexibility index (Phi) is 2.98. The van der Waals surface area contributed by atoms with Crippen LogP contribution < -0.4 is 10.9 Å². The average Bonchev–Trinajstić information content (AvgIpc) is 2.29. The summed E-state index contributed by atoms with van der Waals surface area (Å²) in [6, 6.07) is 10.9. The van der Waals surface area contributed by atoms with Gasteiger partial charge in [0, 0.05) is 5.56 Å². The van der Waals surface area contributed by atoms with Crippen molar-refractivity contribution in [3.63, 3.8) is 0 Å². The van der Waals surface area contributed by atoms with Crippen LogP contribution in [0.5, 0.6) is 5.75 Å². The molecule has 2 rings (SSSR count). The van der Waals surface area contributed by atoms with E-state index in [4.69, 9.17) is 10.9 Å². The van der Waals surface area contributed by atoms with Crippen LogP contribution >= 0.6 is 0 Å². The lowest BCUT2D eigenvalue weighted by atomic mass is 10.0. The number of hydrogen-bond donors (Lipinski definition) is 3. The fourth-order valence-electron chi connectivity index (χ4n) is 1.68. The normalized spacial score (nSPS) is 11.4. The van der Waals surface area contributed by atoms with E-state index in [2.05, 4.69) is 0 Å². The highest BCUT2D eigenvalue weighted by atomic mass is 32.2. The van der Waals surface area contributed by atoms with Gasteiger partial charge in [0.2, 0.25) is 10.0 Å². The van der Waals surface area contributed by atoms with E-state index in [-0.39, 0.29) is 16.3 Å². The predicted octanol–water partition coefficient (Wildman–Crippen LogP) is 1.29. The zero-order chi connectivity index (χ0) is 13.3.